The Hall–Kier alpha value is 0.230. The zero-order valence-corrected chi connectivity index (χ0v) is 8.19. The molecule has 0 rings (SSSR count). The average Bonchev–Trinajstić information content (AvgIpc) is 2.06. The van der Waals surface area contributed by atoms with Gasteiger partial charge in [0.25, 0.3) is 0 Å². The van der Waals surface area contributed by atoms with Gasteiger partial charge in [-0.05, 0) is 0 Å². The number of hydrogen-bond acceptors (Lipinski definition) is 4. The second kappa shape index (κ2) is 6.91. The SMILES string of the molecule is COC(CSC(C)CN)OC. The summed E-state index contributed by atoms with van der Waals surface area (Å²) in [6, 6.07) is 0. The molecular formula is C7H17NO2S. The van der Waals surface area contributed by atoms with Gasteiger partial charge in [-0.2, -0.15) is 11.8 Å². The molecule has 0 fully saturated rings. The molecule has 1 atom stereocenters. The van der Waals surface area contributed by atoms with Crippen LogP contribution in [0.3, 0.4) is 0 Å². The molecule has 2 N–H and O–H groups in total. The van der Waals surface area contributed by atoms with Crippen molar-refractivity contribution in [3.63, 3.8) is 0 Å². The Kier molecular flexibility index (Phi) is 7.06. The Morgan fingerprint density at radius 3 is 2.27 bits per heavy atom. The van der Waals surface area contributed by atoms with Crippen LogP contribution in [-0.2, 0) is 9.47 Å². The summed E-state index contributed by atoms with van der Waals surface area (Å²) < 4.78 is 10.0. The molecular weight excluding hydrogens is 162 g/mol. The van der Waals surface area contributed by atoms with Gasteiger partial charge in [-0.15, -0.1) is 0 Å². The van der Waals surface area contributed by atoms with Crippen LogP contribution in [0.1, 0.15) is 6.92 Å². The van der Waals surface area contributed by atoms with Gasteiger partial charge in [-0.1, -0.05) is 6.92 Å². The van der Waals surface area contributed by atoms with Crippen LogP contribution in [0.15, 0.2) is 0 Å². The minimum Gasteiger partial charge on any atom is -0.355 e. The number of hydrogen-bond donors (Lipinski definition) is 1. The summed E-state index contributed by atoms with van der Waals surface area (Å²) in [5.41, 5.74) is 5.44. The minimum atomic E-state index is -0.103. The van der Waals surface area contributed by atoms with E-state index in [2.05, 4.69) is 6.92 Å². The molecule has 0 aromatic carbocycles. The van der Waals surface area contributed by atoms with Crippen LogP contribution in [0.4, 0.5) is 0 Å². The first-order chi connectivity index (χ1) is 5.24. The third kappa shape index (κ3) is 5.49. The van der Waals surface area contributed by atoms with E-state index in [0.29, 0.717) is 11.8 Å². The molecule has 1 unspecified atom stereocenters. The molecule has 0 aromatic heterocycles. The van der Waals surface area contributed by atoms with E-state index < -0.39 is 0 Å². The first-order valence-electron chi connectivity index (χ1n) is 3.61. The fourth-order valence-electron chi connectivity index (χ4n) is 0.543. The molecule has 0 saturated carbocycles. The van der Waals surface area contributed by atoms with Crippen molar-refractivity contribution >= 4 is 11.8 Å². The lowest BCUT2D eigenvalue weighted by molar-refractivity contribution is -0.0842. The van der Waals surface area contributed by atoms with Crippen LogP contribution in [0.25, 0.3) is 0 Å². The summed E-state index contributed by atoms with van der Waals surface area (Å²) in [6.45, 7) is 2.79. The van der Waals surface area contributed by atoms with Crippen LogP contribution in [0.2, 0.25) is 0 Å². The maximum Gasteiger partial charge on any atom is 0.165 e. The van der Waals surface area contributed by atoms with Crippen molar-refractivity contribution < 1.29 is 9.47 Å². The van der Waals surface area contributed by atoms with E-state index in [-0.39, 0.29) is 6.29 Å². The van der Waals surface area contributed by atoms with Crippen molar-refractivity contribution in [1.29, 1.82) is 0 Å². The number of thioether (sulfide) groups is 1. The van der Waals surface area contributed by atoms with Crippen molar-refractivity contribution in [2.75, 3.05) is 26.5 Å². The maximum absolute atomic E-state index is 5.44. The van der Waals surface area contributed by atoms with E-state index in [1.54, 1.807) is 26.0 Å². The number of methoxy groups -OCH3 is 2. The third-order valence-electron chi connectivity index (χ3n) is 1.37. The van der Waals surface area contributed by atoms with Gasteiger partial charge in [-0.25, -0.2) is 0 Å². The molecule has 0 radical (unpaired) electrons. The molecule has 0 aliphatic rings. The van der Waals surface area contributed by atoms with E-state index in [0.717, 1.165) is 5.75 Å². The van der Waals surface area contributed by atoms with Crippen LogP contribution in [0, 0.1) is 0 Å². The summed E-state index contributed by atoms with van der Waals surface area (Å²) in [5, 5.41) is 0.475. The van der Waals surface area contributed by atoms with Crippen molar-refractivity contribution in [1.82, 2.24) is 0 Å². The number of ether oxygens (including phenoxy) is 2. The number of rotatable bonds is 6. The zero-order valence-electron chi connectivity index (χ0n) is 7.37. The molecule has 11 heavy (non-hydrogen) atoms. The molecule has 68 valence electrons. The molecule has 0 spiro atoms. The predicted octanol–water partition coefficient (Wildman–Crippen LogP) is 0.686. The summed E-state index contributed by atoms with van der Waals surface area (Å²) >= 11 is 1.76. The quantitative estimate of drug-likeness (QED) is 0.609. The highest BCUT2D eigenvalue weighted by atomic mass is 32.2. The fourth-order valence-corrected chi connectivity index (χ4v) is 1.44. The first kappa shape index (κ1) is 11.2. The van der Waals surface area contributed by atoms with E-state index in [1.807, 2.05) is 0 Å². The monoisotopic (exact) mass is 179 g/mol. The van der Waals surface area contributed by atoms with Gasteiger partial charge in [0.2, 0.25) is 0 Å². The highest BCUT2D eigenvalue weighted by Crippen LogP contribution is 2.11. The highest BCUT2D eigenvalue weighted by Gasteiger charge is 2.07. The van der Waals surface area contributed by atoms with E-state index in [4.69, 9.17) is 15.2 Å². The van der Waals surface area contributed by atoms with Crippen LogP contribution in [0.5, 0.6) is 0 Å². The van der Waals surface area contributed by atoms with Crippen LogP contribution in [-0.4, -0.2) is 38.1 Å². The Labute approximate surface area is 72.6 Å². The molecule has 0 heterocycles. The van der Waals surface area contributed by atoms with E-state index >= 15 is 0 Å². The Bertz CT molecular complexity index is 88.5. The van der Waals surface area contributed by atoms with Crippen molar-refractivity contribution in [2.24, 2.45) is 5.73 Å². The van der Waals surface area contributed by atoms with E-state index in [9.17, 15) is 0 Å². The number of nitrogens with two attached hydrogens (primary N) is 1. The van der Waals surface area contributed by atoms with Crippen molar-refractivity contribution in [3.05, 3.63) is 0 Å². The van der Waals surface area contributed by atoms with E-state index in [1.165, 1.54) is 0 Å². The summed E-state index contributed by atoms with van der Waals surface area (Å²) in [5.74, 6) is 0.839. The molecule has 0 saturated heterocycles. The summed E-state index contributed by atoms with van der Waals surface area (Å²) in [4.78, 5) is 0. The van der Waals surface area contributed by atoms with Gasteiger partial charge in [0.15, 0.2) is 6.29 Å². The molecule has 4 heteroatoms. The molecule has 3 nitrogen and oxygen atoms in total. The third-order valence-corrected chi connectivity index (χ3v) is 2.60. The van der Waals surface area contributed by atoms with Gasteiger partial charge < -0.3 is 15.2 Å². The Morgan fingerprint density at radius 1 is 1.36 bits per heavy atom. The van der Waals surface area contributed by atoms with Crippen molar-refractivity contribution in [3.8, 4) is 0 Å². The van der Waals surface area contributed by atoms with Gasteiger partial charge in [0.1, 0.15) is 0 Å². The lowest BCUT2D eigenvalue weighted by Crippen LogP contribution is -2.20. The van der Waals surface area contributed by atoms with Gasteiger partial charge in [-0.3, -0.25) is 0 Å². The second-order valence-electron chi connectivity index (χ2n) is 2.28. The lowest BCUT2D eigenvalue weighted by atomic mass is 10.5. The molecule has 0 aromatic rings. The topological polar surface area (TPSA) is 44.5 Å². The standard InChI is InChI=1S/C7H17NO2S/c1-6(4-8)11-5-7(9-2)10-3/h6-7H,4-5,8H2,1-3H3. The predicted molar refractivity (Wildman–Crippen MR) is 48.8 cm³/mol. The Balaban J connectivity index is 3.34. The molecule has 0 aliphatic carbocycles. The fraction of sp³-hybridized carbons (Fsp3) is 1.00. The maximum atomic E-state index is 5.44. The largest absolute Gasteiger partial charge is 0.355 e. The smallest absolute Gasteiger partial charge is 0.165 e. The highest BCUT2D eigenvalue weighted by molar-refractivity contribution is 7.99. The molecule has 0 amide bonds. The van der Waals surface area contributed by atoms with Gasteiger partial charge in [0, 0.05) is 31.8 Å². The normalized spacial score (nSPS) is 13.9. The van der Waals surface area contributed by atoms with Crippen LogP contribution < -0.4 is 5.73 Å². The van der Waals surface area contributed by atoms with Crippen LogP contribution >= 0.6 is 11.8 Å². The summed E-state index contributed by atoms with van der Waals surface area (Å²) in [7, 11) is 3.28. The minimum absolute atomic E-state index is 0.103. The average molecular weight is 179 g/mol. The first-order valence-corrected chi connectivity index (χ1v) is 4.66. The van der Waals surface area contributed by atoms with Crippen molar-refractivity contribution in [2.45, 2.75) is 18.5 Å². The second-order valence-corrected chi connectivity index (χ2v) is 3.75. The zero-order chi connectivity index (χ0) is 8.69. The van der Waals surface area contributed by atoms with Gasteiger partial charge in [0.05, 0.1) is 0 Å². The molecule has 0 aliphatic heterocycles. The van der Waals surface area contributed by atoms with Gasteiger partial charge >= 0.3 is 0 Å². The summed E-state index contributed by atoms with van der Waals surface area (Å²) in [6.07, 6.45) is -0.103. The molecule has 0 bridgehead atoms. The Morgan fingerprint density at radius 2 is 1.91 bits per heavy atom. The lowest BCUT2D eigenvalue weighted by Gasteiger charge is -2.14.